The van der Waals surface area contributed by atoms with Crippen LogP contribution in [-0.4, -0.2) is 21.7 Å². The third-order valence-electron chi connectivity index (χ3n) is 3.04. The molecule has 3 rings (SSSR count). The predicted octanol–water partition coefficient (Wildman–Crippen LogP) is 2.64. The van der Waals surface area contributed by atoms with Crippen molar-refractivity contribution >= 4 is 38.9 Å². The Kier molecular flexibility index (Phi) is 4.63. The maximum absolute atomic E-state index is 11.9. The molecule has 0 atom stereocenters. The average Bonchev–Trinajstić information content (AvgIpc) is 3.02. The Hall–Kier alpha value is -2.32. The zero-order valence-corrected chi connectivity index (χ0v) is 13.9. The SMILES string of the molecule is COc1ccccc1N=C(N)SCc1cc(=O)n2ccsc2n1. The lowest BCUT2D eigenvalue weighted by Crippen LogP contribution is -2.13. The molecule has 0 saturated heterocycles. The first-order valence-corrected chi connectivity index (χ1v) is 8.59. The lowest BCUT2D eigenvalue weighted by atomic mass is 10.3. The van der Waals surface area contributed by atoms with Crippen molar-refractivity contribution in [2.45, 2.75) is 5.75 Å². The number of thioether (sulfide) groups is 1. The highest BCUT2D eigenvalue weighted by molar-refractivity contribution is 8.13. The summed E-state index contributed by atoms with van der Waals surface area (Å²) in [6.45, 7) is 0. The number of ether oxygens (including phenoxy) is 1. The van der Waals surface area contributed by atoms with E-state index in [1.54, 1.807) is 13.3 Å². The number of aromatic nitrogens is 2. The smallest absolute Gasteiger partial charge is 0.258 e. The van der Waals surface area contributed by atoms with Crippen LogP contribution in [-0.2, 0) is 5.75 Å². The molecule has 2 N–H and O–H groups in total. The molecule has 0 aliphatic rings. The molecule has 2 heterocycles. The van der Waals surface area contributed by atoms with Crippen molar-refractivity contribution in [1.29, 1.82) is 0 Å². The number of nitrogens with two attached hydrogens (primary N) is 1. The summed E-state index contributed by atoms with van der Waals surface area (Å²) >= 11 is 2.75. The van der Waals surface area contributed by atoms with Gasteiger partial charge in [0, 0.05) is 23.4 Å². The van der Waals surface area contributed by atoms with Crippen LogP contribution in [0.1, 0.15) is 5.69 Å². The number of hydrogen-bond donors (Lipinski definition) is 1. The van der Waals surface area contributed by atoms with Gasteiger partial charge < -0.3 is 10.5 Å². The number of amidine groups is 1. The van der Waals surface area contributed by atoms with E-state index < -0.39 is 0 Å². The van der Waals surface area contributed by atoms with Crippen LogP contribution in [0, 0.1) is 0 Å². The maximum atomic E-state index is 11.9. The second-order valence-electron chi connectivity index (χ2n) is 4.55. The molecule has 0 bridgehead atoms. The molecule has 6 nitrogen and oxygen atoms in total. The largest absolute Gasteiger partial charge is 0.494 e. The maximum Gasteiger partial charge on any atom is 0.258 e. The van der Waals surface area contributed by atoms with Crippen molar-refractivity contribution in [2.75, 3.05) is 7.11 Å². The van der Waals surface area contributed by atoms with Gasteiger partial charge in [-0.2, -0.15) is 0 Å². The Morgan fingerprint density at radius 3 is 3.13 bits per heavy atom. The fourth-order valence-electron chi connectivity index (χ4n) is 1.98. The van der Waals surface area contributed by atoms with E-state index in [0.717, 1.165) is 0 Å². The highest BCUT2D eigenvalue weighted by atomic mass is 32.2. The molecule has 0 saturated carbocycles. The van der Waals surface area contributed by atoms with Gasteiger partial charge >= 0.3 is 0 Å². The number of benzene rings is 1. The molecule has 23 heavy (non-hydrogen) atoms. The molecule has 0 fully saturated rings. The van der Waals surface area contributed by atoms with E-state index in [1.807, 2.05) is 29.6 Å². The molecule has 0 amide bonds. The number of hydrogen-bond acceptors (Lipinski definition) is 6. The van der Waals surface area contributed by atoms with Gasteiger partial charge in [0.05, 0.1) is 12.8 Å². The first-order valence-electron chi connectivity index (χ1n) is 6.73. The quantitative estimate of drug-likeness (QED) is 0.580. The number of thiazole rings is 1. The Morgan fingerprint density at radius 2 is 2.30 bits per heavy atom. The molecule has 2 aromatic heterocycles. The van der Waals surface area contributed by atoms with Gasteiger partial charge in [0.1, 0.15) is 11.4 Å². The van der Waals surface area contributed by atoms with Crippen LogP contribution in [0.15, 0.2) is 51.7 Å². The van der Waals surface area contributed by atoms with E-state index >= 15 is 0 Å². The van der Waals surface area contributed by atoms with Crippen LogP contribution in [0.3, 0.4) is 0 Å². The van der Waals surface area contributed by atoms with Crippen LogP contribution in [0.5, 0.6) is 5.75 Å². The fourth-order valence-corrected chi connectivity index (χ4v) is 3.33. The third-order valence-corrected chi connectivity index (χ3v) is 4.62. The third kappa shape index (κ3) is 3.54. The van der Waals surface area contributed by atoms with E-state index in [0.29, 0.717) is 33.0 Å². The van der Waals surface area contributed by atoms with Crippen molar-refractivity contribution in [3.05, 3.63) is 58.0 Å². The van der Waals surface area contributed by atoms with E-state index in [1.165, 1.54) is 33.6 Å². The monoisotopic (exact) mass is 346 g/mol. The molecule has 8 heteroatoms. The van der Waals surface area contributed by atoms with Crippen molar-refractivity contribution < 1.29 is 4.74 Å². The second-order valence-corrected chi connectivity index (χ2v) is 6.42. The average molecular weight is 346 g/mol. The number of para-hydroxylation sites is 2. The summed E-state index contributed by atoms with van der Waals surface area (Å²) in [5.74, 6) is 1.14. The normalized spacial score (nSPS) is 11.8. The molecule has 3 aromatic rings. The molecule has 118 valence electrons. The van der Waals surface area contributed by atoms with Gasteiger partial charge in [-0.05, 0) is 12.1 Å². The molecule has 0 aliphatic carbocycles. The van der Waals surface area contributed by atoms with E-state index in [-0.39, 0.29) is 5.56 Å². The minimum Gasteiger partial charge on any atom is -0.494 e. The van der Waals surface area contributed by atoms with Crippen LogP contribution in [0.4, 0.5) is 5.69 Å². The minimum atomic E-state index is -0.0907. The summed E-state index contributed by atoms with van der Waals surface area (Å²) in [6, 6.07) is 8.91. The van der Waals surface area contributed by atoms with Gasteiger partial charge in [-0.1, -0.05) is 23.9 Å². The molecule has 0 radical (unpaired) electrons. The summed E-state index contributed by atoms with van der Waals surface area (Å²) in [5.41, 5.74) is 7.22. The van der Waals surface area contributed by atoms with Crippen molar-refractivity contribution in [2.24, 2.45) is 10.7 Å². The zero-order chi connectivity index (χ0) is 16.2. The highest BCUT2D eigenvalue weighted by Crippen LogP contribution is 2.27. The Labute approximate surface area is 140 Å². The number of aliphatic imine (C=N–C) groups is 1. The van der Waals surface area contributed by atoms with E-state index in [4.69, 9.17) is 10.5 Å². The lowest BCUT2D eigenvalue weighted by molar-refractivity contribution is 0.416. The van der Waals surface area contributed by atoms with Crippen LogP contribution in [0.2, 0.25) is 0 Å². The lowest BCUT2D eigenvalue weighted by Gasteiger charge is -2.05. The second kappa shape index (κ2) is 6.84. The van der Waals surface area contributed by atoms with Gasteiger partial charge in [-0.3, -0.25) is 9.20 Å². The Morgan fingerprint density at radius 1 is 1.48 bits per heavy atom. The van der Waals surface area contributed by atoms with E-state index in [9.17, 15) is 4.79 Å². The molecule has 0 unspecified atom stereocenters. The predicted molar refractivity (Wildman–Crippen MR) is 94.9 cm³/mol. The minimum absolute atomic E-state index is 0.0907. The summed E-state index contributed by atoms with van der Waals surface area (Å²) in [4.78, 5) is 21.4. The van der Waals surface area contributed by atoms with Crippen molar-refractivity contribution in [3.8, 4) is 5.75 Å². The van der Waals surface area contributed by atoms with Crippen LogP contribution >= 0.6 is 23.1 Å². The first-order chi connectivity index (χ1) is 11.2. The highest BCUT2D eigenvalue weighted by Gasteiger charge is 2.06. The van der Waals surface area contributed by atoms with Crippen molar-refractivity contribution in [3.63, 3.8) is 0 Å². The van der Waals surface area contributed by atoms with Crippen LogP contribution in [0.25, 0.3) is 4.96 Å². The van der Waals surface area contributed by atoms with Gasteiger partial charge in [-0.15, -0.1) is 11.3 Å². The number of rotatable bonds is 4. The molecular weight excluding hydrogens is 332 g/mol. The van der Waals surface area contributed by atoms with Gasteiger partial charge in [-0.25, -0.2) is 9.98 Å². The summed E-state index contributed by atoms with van der Waals surface area (Å²) in [5, 5.41) is 2.22. The van der Waals surface area contributed by atoms with Gasteiger partial charge in [0.15, 0.2) is 10.1 Å². The molecular formula is C15H14N4O2S2. The zero-order valence-electron chi connectivity index (χ0n) is 12.3. The van der Waals surface area contributed by atoms with Gasteiger partial charge in [0.2, 0.25) is 0 Å². The Balaban J connectivity index is 1.76. The van der Waals surface area contributed by atoms with Crippen LogP contribution < -0.4 is 16.0 Å². The topological polar surface area (TPSA) is 82.0 Å². The Bertz CT molecular complexity index is 917. The number of methoxy groups -OCH3 is 1. The molecule has 1 aromatic carbocycles. The van der Waals surface area contributed by atoms with E-state index in [2.05, 4.69) is 9.98 Å². The standard InChI is InChI=1S/C15H14N4O2S2/c1-21-12-5-3-2-4-11(12)18-14(16)23-9-10-8-13(20)19-6-7-22-15(19)17-10/h2-8H,9H2,1H3,(H2,16,18). The summed E-state index contributed by atoms with van der Waals surface area (Å²) < 4.78 is 6.76. The fraction of sp³-hybridized carbons (Fsp3) is 0.133. The number of fused-ring (bicyclic) bond motifs is 1. The summed E-state index contributed by atoms with van der Waals surface area (Å²) in [7, 11) is 1.59. The molecule has 0 aliphatic heterocycles. The number of nitrogens with zero attached hydrogens (tertiary/aromatic N) is 3. The van der Waals surface area contributed by atoms with Crippen molar-refractivity contribution in [1.82, 2.24) is 9.38 Å². The molecule has 0 spiro atoms. The summed E-state index contributed by atoms with van der Waals surface area (Å²) in [6.07, 6.45) is 1.71. The first kappa shape index (κ1) is 15.6. The van der Waals surface area contributed by atoms with Gasteiger partial charge in [0.25, 0.3) is 5.56 Å².